The molecule has 0 radical (unpaired) electrons. The molecular weight excluding hydrogens is 437 g/mol. The van der Waals surface area contributed by atoms with Crippen molar-refractivity contribution in [3.8, 4) is 5.75 Å². The molecule has 3 aromatic rings. The lowest BCUT2D eigenvalue weighted by Crippen LogP contribution is -2.29. The van der Waals surface area contributed by atoms with Gasteiger partial charge in [0, 0.05) is 31.5 Å². The van der Waals surface area contributed by atoms with Crippen LogP contribution in [-0.2, 0) is 16.1 Å². The van der Waals surface area contributed by atoms with Gasteiger partial charge in [-0.25, -0.2) is 4.39 Å². The van der Waals surface area contributed by atoms with Gasteiger partial charge in [0.15, 0.2) is 0 Å². The van der Waals surface area contributed by atoms with Crippen LogP contribution in [0.25, 0.3) is 5.76 Å². The van der Waals surface area contributed by atoms with Crippen molar-refractivity contribution in [3.63, 3.8) is 0 Å². The number of ether oxygens (including phenoxy) is 1. The molecule has 1 aromatic heterocycles. The summed E-state index contributed by atoms with van der Waals surface area (Å²) >= 11 is 0. The average Bonchev–Trinajstić information content (AvgIpc) is 3.10. The van der Waals surface area contributed by atoms with E-state index in [0.717, 1.165) is 11.3 Å². The van der Waals surface area contributed by atoms with Crippen LogP contribution in [0.3, 0.4) is 0 Å². The molecule has 1 atom stereocenters. The summed E-state index contributed by atoms with van der Waals surface area (Å²) in [6.45, 7) is 1.37. The number of halogens is 1. The number of rotatable bonds is 4. The van der Waals surface area contributed by atoms with Crippen LogP contribution in [0, 0.1) is 5.82 Å². The summed E-state index contributed by atoms with van der Waals surface area (Å²) in [6.07, 6.45) is 3.20. The van der Waals surface area contributed by atoms with Crippen LogP contribution in [0.2, 0.25) is 0 Å². The minimum absolute atomic E-state index is 0.0370. The highest BCUT2D eigenvalue weighted by Gasteiger charge is 2.46. The monoisotopic (exact) mass is 459 g/mol. The van der Waals surface area contributed by atoms with Gasteiger partial charge in [-0.3, -0.25) is 14.6 Å². The highest BCUT2D eigenvalue weighted by Crippen LogP contribution is 2.41. The fourth-order valence-electron chi connectivity index (χ4n) is 4.37. The van der Waals surface area contributed by atoms with Crippen LogP contribution in [-0.4, -0.2) is 46.9 Å². The van der Waals surface area contributed by atoms with Crippen molar-refractivity contribution in [2.75, 3.05) is 25.1 Å². The summed E-state index contributed by atoms with van der Waals surface area (Å²) in [5.41, 5.74) is 2.43. The first kappa shape index (κ1) is 21.6. The zero-order chi connectivity index (χ0) is 23.8. The Morgan fingerprint density at radius 3 is 2.59 bits per heavy atom. The van der Waals surface area contributed by atoms with Crippen LogP contribution in [0.5, 0.6) is 5.75 Å². The average molecular weight is 459 g/mol. The number of hydrogen-bond donors (Lipinski definition) is 1. The van der Waals surface area contributed by atoms with Crippen molar-refractivity contribution in [3.05, 3.63) is 95.1 Å². The van der Waals surface area contributed by atoms with Gasteiger partial charge in [0.25, 0.3) is 11.7 Å². The highest BCUT2D eigenvalue weighted by molar-refractivity contribution is 6.46. The number of likely N-dealkylation sites (N-methyl/N-ethyl adjacent to an activating group) is 1. The molecule has 1 fully saturated rings. The Labute approximate surface area is 195 Å². The summed E-state index contributed by atoms with van der Waals surface area (Å²) < 4.78 is 19.3. The number of anilines is 1. The first-order chi connectivity index (χ1) is 16.4. The number of nitrogens with zero attached hydrogens (tertiary/aromatic N) is 3. The number of amides is 1. The zero-order valence-corrected chi connectivity index (χ0v) is 18.4. The molecule has 0 aliphatic carbocycles. The normalized spacial score (nSPS) is 19.2. The minimum Gasteiger partial charge on any atom is -0.507 e. The van der Waals surface area contributed by atoms with Crippen molar-refractivity contribution in [2.45, 2.75) is 12.6 Å². The number of pyridine rings is 1. The van der Waals surface area contributed by atoms with Crippen LogP contribution < -0.4 is 9.64 Å². The predicted molar refractivity (Wildman–Crippen MR) is 124 cm³/mol. The number of carbonyl (C=O) groups is 2. The van der Waals surface area contributed by atoms with Gasteiger partial charge in [-0.15, -0.1) is 0 Å². The van der Waals surface area contributed by atoms with Crippen molar-refractivity contribution in [1.82, 2.24) is 9.88 Å². The molecule has 0 spiro atoms. The molecule has 172 valence electrons. The van der Waals surface area contributed by atoms with Gasteiger partial charge in [0.1, 0.15) is 23.9 Å². The standard InChI is InChI=1S/C26H22FN3O4/c1-29-12-13-34-21-7-4-18(14-20(21)29)24(31)22-23(17-2-5-19(27)6-3-17)30(26(33)25(22)32)15-16-8-10-28-11-9-16/h2-11,14,23,31H,12-13,15H2,1H3/b24-22-. The lowest BCUT2D eigenvalue weighted by molar-refractivity contribution is -0.140. The van der Waals surface area contributed by atoms with Crippen LogP contribution >= 0.6 is 0 Å². The highest BCUT2D eigenvalue weighted by atomic mass is 19.1. The van der Waals surface area contributed by atoms with E-state index in [4.69, 9.17) is 4.74 Å². The van der Waals surface area contributed by atoms with Crippen molar-refractivity contribution in [1.29, 1.82) is 0 Å². The third-order valence-electron chi connectivity index (χ3n) is 6.16. The molecule has 0 saturated carbocycles. The van der Waals surface area contributed by atoms with Crippen LogP contribution in [0.1, 0.15) is 22.7 Å². The van der Waals surface area contributed by atoms with Gasteiger partial charge in [-0.05, 0) is 53.6 Å². The van der Waals surface area contributed by atoms with E-state index < -0.39 is 23.5 Å². The van der Waals surface area contributed by atoms with Crippen LogP contribution in [0.4, 0.5) is 10.1 Å². The SMILES string of the molecule is CN1CCOc2ccc(/C(O)=C3/C(=O)C(=O)N(Cc4ccncc4)C3c3ccc(F)cc3)cc21. The molecule has 1 N–H and O–H groups in total. The molecule has 34 heavy (non-hydrogen) atoms. The summed E-state index contributed by atoms with van der Waals surface area (Å²) in [7, 11) is 1.91. The second kappa shape index (κ2) is 8.62. The first-order valence-corrected chi connectivity index (χ1v) is 10.8. The van der Waals surface area contributed by atoms with E-state index in [0.29, 0.717) is 30.0 Å². The van der Waals surface area contributed by atoms with E-state index in [1.54, 1.807) is 42.7 Å². The van der Waals surface area contributed by atoms with Crippen molar-refractivity contribution >= 4 is 23.1 Å². The van der Waals surface area contributed by atoms with Crippen LogP contribution in [0.15, 0.2) is 72.6 Å². The quantitative estimate of drug-likeness (QED) is 0.364. The summed E-state index contributed by atoms with van der Waals surface area (Å²) in [4.78, 5) is 33.7. The molecule has 2 aliphatic rings. The maximum atomic E-state index is 13.7. The molecule has 1 amide bonds. The molecule has 5 rings (SSSR count). The number of hydrogen-bond acceptors (Lipinski definition) is 6. The lowest BCUT2D eigenvalue weighted by atomic mass is 9.95. The van der Waals surface area contributed by atoms with E-state index in [-0.39, 0.29) is 17.9 Å². The predicted octanol–water partition coefficient (Wildman–Crippen LogP) is 3.67. The van der Waals surface area contributed by atoms with Gasteiger partial charge in [0.05, 0.1) is 23.8 Å². The molecule has 1 unspecified atom stereocenters. The van der Waals surface area contributed by atoms with E-state index in [1.807, 2.05) is 11.9 Å². The molecule has 3 heterocycles. The molecule has 0 bridgehead atoms. The number of aromatic nitrogens is 1. The number of Topliss-reactive ketones (excluding diaryl/α,β-unsaturated/α-hetero) is 1. The van der Waals surface area contributed by atoms with E-state index in [9.17, 15) is 19.1 Å². The third kappa shape index (κ3) is 3.77. The van der Waals surface area contributed by atoms with E-state index in [1.165, 1.54) is 29.2 Å². The number of aliphatic hydroxyl groups excluding tert-OH is 1. The molecule has 2 aromatic carbocycles. The Morgan fingerprint density at radius 2 is 1.85 bits per heavy atom. The van der Waals surface area contributed by atoms with Crippen molar-refractivity contribution < 1.29 is 23.8 Å². The van der Waals surface area contributed by atoms with Gasteiger partial charge in [-0.2, -0.15) is 0 Å². The van der Waals surface area contributed by atoms with E-state index >= 15 is 0 Å². The Hall–Kier alpha value is -4.20. The maximum absolute atomic E-state index is 13.7. The Kier molecular flexibility index (Phi) is 5.49. The largest absolute Gasteiger partial charge is 0.507 e. The number of likely N-dealkylation sites (tertiary alicyclic amines) is 1. The third-order valence-corrected chi connectivity index (χ3v) is 6.16. The smallest absolute Gasteiger partial charge is 0.295 e. The topological polar surface area (TPSA) is 83.0 Å². The number of fused-ring (bicyclic) bond motifs is 1. The van der Waals surface area contributed by atoms with Gasteiger partial charge in [0.2, 0.25) is 0 Å². The molecule has 2 aliphatic heterocycles. The molecular formula is C26H22FN3O4. The summed E-state index contributed by atoms with van der Waals surface area (Å²) in [5.74, 6) is -1.56. The fourth-order valence-corrected chi connectivity index (χ4v) is 4.37. The second-order valence-electron chi connectivity index (χ2n) is 8.29. The Morgan fingerprint density at radius 1 is 1.12 bits per heavy atom. The van der Waals surface area contributed by atoms with Gasteiger partial charge >= 0.3 is 0 Å². The number of carbonyl (C=O) groups excluding carboxylic acids is 2. The molecule has 7 nitrogen and oxygen atoms in total. The van der Waals surface area contributed by atoms with Gasteiger partial charge in [-0.1, -0.05) is 12.1 Å². The lowest BCUT2D eigenvalue weighted by Gasteiger charge is -2.28. The zero-order valence-electron chi connectivity index (χ0n) is 18.4. The van der Waals surface area contributed by atoms with Gasteiger partial charge < -0.3 is 19.6 Å². The first-order valence-electron chi connectivity index (χ1n) is 10.8. The van der Waals surface area contributed by atoms with Crippen molar-refractivity contribution in [2.24, 2.45) is 0 Å². The summed E-state index contributed by atoms with van der Waals surface area (Å²) in [5, 5.41) is 11.3. The van der Waals surface area contributed by atoms with E-state index in [2.05, 4.69) is 4.98 Å². The second-order valence-corrected chi connectivity index (χ2v) is 8.29. The molecule has 8 heteroatoms. The fraction of sp³-hybridized carbons (Fsp3) is 0.192. The molecule has 1 saturated heterocycles. The summed E-state index contributed by atoms with van der Waals surface area (Å²) in [6, 6.07) is 13.3. The number of benzene rings is 2. The minimum atomic E-state index is -0.876. The maximum Gasteiger partial charge on any atom is 0.295 e. The Bertz CT molecular complexity index is 1290. The number of ketones is 1. The Balaban J connectivity index is 1.64. The number of aliphatic hydroxyl groups is 1.